The van der Waals surface area contributed by atoms with E-state index in [2.05, 4.69) is 20.8 Å². The van der Waals surface area contributed by atoms with Crippen molar-refractivity contribution in [2.24, 2.45) is 0 Å². The second-order valence-corrected chi connectivity index (χ2v) is 6.81. The van der Waals surface area contributed by atoms with Gasteiger partial charge in [0.15, 0.2) is 0 Å². The zero-order valence-corrected chi connectivity index (χ0v) is 16.3. The zero-order chi connectivity index (χ0) is 20.6. The van der Waals surface area contributed by atoms with Gasteiger partial charge in [-0.3, -0.25) is 14.5 Å². The highest BCUT2D eigenvalue weighted by Crippen LogP contribution is 2.22. The van der Waals surface area contributed by atoms with Gasteiger partial charge in [-0.1, -0.05) is 36.0 Å². The van der Waals surface area contributed by atoms with Crippen molar-refractivity contribution in [2.75, 3.05) is 22.5 Å². The van der Waals surface area contributed by atoms with E-state index in [0.29, 0.717) is 22.2 Å². The van der Waals surface area contributed by atoms with Crippen molar-refractivity contribution < 1.29 is 9.59 Å². The quantitative estimate of drug-likeness (QED) is 0.472. The lowest BCUT2D eigenvalue weighted by Crippen LogP contribution is -2.32. The molecule has 0 unspecified atom stereocenters. The van der Waals surface area contributed by atoms with Crippen molar-refractivity contribution in [1.29, 1.82) is 5.26 Å². The Morgan fingerprint density at radius 3 is 2.72 bits per heavy atom. The first-order valence-corrected chi connectivity index (χ1v) is 9.58. The maximum absolute atomic E-state index is 12.7. The van der Waals surface area contributed by atoms with Gasteiger partial charge < -0.3 is 5.32 Å². The second kappa shape index (κ2) is 9.48. The molecule has 1 heterocycles. The standard InChI is InChI=1S/C19H17N7O2S/c1-14(27)21-15-6-5-9-17(12-15)26-19(22-23-24-26)29-13-18(28)25(11-10-20)16-7-3-2-4-8-16/h2-9,12H,11,13H2,1H3,(H,21,27). The van der Waals surface area contributed by atoms with Crippen LogP contribution in [0.4, 0.5) is 11.4 Å². The number of carbonyl (C=O) groups is 2. The molecule has 0 saturated carbocycles. The van der Waals surface area contributed by atoms with Crippen molar-refractivity contribution in [2.45, 2.75) is 12.1 Å². The number of nitrogens with one attached hydrogen (secondary N) is 1. The third-order valence-corrected chi connectivity index (χ3v) is 4.68. The van der Waals surface area contributed by atoms with Crippen LogP contribution in [0.1, 0.15) is 6.92 Å². The van der Waals surface area contributed by atoms with E-state index in [9.17, 15) is 9.59 Å². The van der Waals surface area contributed by atoms with Gasteiger partial charge in [-0.05, 0) is 40.8 Å². The lowest BCUT2D eigenvalue weighted by Gasteiger charge is -2.19. The summed E-state index contributed by atoms with van der Waals surface area (Å²) in [6.45, 7) is 1.38. The van der Waals surface area contributed by atoms with Gasteiger partial charge in [-0.25, -0.2) is 0 Å². The molecule has 29 heavy (non-hydrogen) atoms. The first-order valence-electron chi connectivity index (χ1n) is 8.60. The molecule has 9 nitrogen and oxygen atoms in total. The molecule has 3 rings (SSSR count). The molecule has 0 radical (unpaired) electrons. The molecule has 0 aliphatic rings. The molecule has 0 aliphatic carbocycles. The number of hydrogen-bond donors (Lipinski definition) is 1. The molecule has 10 heteroatoms. The summed E-state index contributed by atoms with van der Waals surface area (Å²) in [5.74, 6) is -0.357. The summed E-state index contributed by atoms with van der Waals surface area (Å²) in [4.78, 5) is 25.4. The van der Waals surface area contributed by atoms with Crippen LogP contribution in [0.2, 0.25) is 0 Å². The Morgan fingerprint density at radius 2 is 2.00 bits per heavy atom. The van der Waals surface area contributed by atoms with Crippen LogP contribution in [0.15, 0.2) is 59.8 Å². The fourth-order valence-electron chi connectivity index (χ4n) is 2.56. The highest BCUT2D eigenvalue weighted by atomic mass is 32.2. The number of anilines is 2. The number of benzene rings is 2. The molecule has 0 fully saturated rings. The second-order valence-electron chi connectivity index (χ2n) is 5.87. The van der Waals surface area contributed by atoms with E-state index in [0.717, 1.165) is 11.8 Å². The maximum Gasteiger partial charge on any atom is 0.238 e. The van der Waals surface area contributed by atoms with Gasteiger partial charge in [0.1, 0.15) is 6.54 Å². The molecule has 3 aromatic rings. The van der Waals surface area contributed by atoms with Crippen molar-refractivity contribution >= 4 is 35.0 Å². The van der Waals surface area contributed by atoms with Gasteiger partial charge in [0.2, 0.25) is 17.0 Å². The summed E-state index contributed by atoms with van der Waals surface area (Å²) in [7, 11) is 0. The molecule has 0 atom stereocenters. The van der Waals surface area contributed by atoms with E-state index in [1.807, 2.05) is 24.3 Å². The third kappa shape index (κ3) is 5.18. The average molecular weight is 407 g/mol. The van der Waals surface area contributed by atoms with Crippen LogP contribution in [-0.4, -0.2) is 44.3 Å². The first kappa shape index (κ1) is 20.0. The normalized spacial score (nSPS) is 10.2. The molecule has 0 aliphatic heterocycles. The van der Waals surface area contributed by atoms with E-state index < -0.39 is 0 Å². The van der Waals surface area contributed by atoms with Crippen LogP contribution >= 0.6 is 11.8 Å². The molecule has 2 amide bonds. The Bertz CT molecular complexity index is 1050. The van der Waals surface area contributed by atoms with Crippen molar-refractivity contribution in [3.8, 4) is 11.8 Å². The number of para-hydroxylation sites is 1. The summed E-state index contributed by atoms with van der Waals surface area (Å²) in [5.41, 5.74) is 1.91. The first-order chi connectivity index (χ1) is 14.1. The number of amides is 2. The summed E-state index contributed by atoms with van der Waals surface area (Å²) >= 11 is 1.16. The Hall–Kier alpha value is -3.71. The fourth-order valence-corrected chi connectivity index (χ4v) is 3.32. The number of carbonyl (C=O) groups excluding carboxylic acids is 2. The Morgan fingerprint density at radius 1 is 1.21 bits per heavy atom. The largest absolute Gasteiger partial charge is 0.326 e. The average Bonchev–Trinajstić information content (AvgIpc) is 3.19. The lowest BCUT2D eigenvalue weighted by atomic mass is 10.3. The molecular formula is C19H17N7O2S. The van der Waals surface area contributed by atoms with E-state index in [1.54, 1.807) is 36.4 Å². The van der Waals surface area contributed by atoms with Crippen LogP contribution in [-0.2, 0) is 9.59 Å². The van der Waals surface area contributed by atoms with E-state index in [4.69, 9.17) is 5.26 Å². The third-order valence-electron chi connectivity index (χ3n) is 3.77. The molecule has 0 bridgehead atoms. The molecule has 1 aromatic heterocycles. The topological polar surface area (TPSA) is 117 Å². The number of hydrogen-bond acceptors (Lipinski definition) is 7. The van der Waals surface area contributed by atoms with E-state index >= 15 is 0 Å². The smallest absolute Gasteiger partial charge is 0.238 e. The minimum absolute atomic E-state index is 0.0485. The highest BCUT2D eigenvalue weighted by Gasteiger charge is 2.18. The Balaban J connectivity index is 1.74. The summed E-state index contributed by atoms with van der Waals surface area (Å²) in [6, 6.07) is 18.1. The number of thioether (sulfide) groups is 1. The lowest BCUT2D eigenvalue weighted by molar-refractivity contribution is -0.116. The SMILES string of the molecule is CC(=O)Nc1cccc(-n2nnnc2SCC(=O)N(CC#N)c2ccccc2)c1. The highest BCUT2D eigenvalue weighted by molar-refractivity contribution is 7.99. The Labute approximate surface area is 171 Å². The Kier molecular flexibility index (Phi) is 6.55. The van der Waals surface area contributed by atoms with Crippen molar-refractivity contribution in [3.05, 3.63) is 54.6 Å². The molecular weight excluding hydrogens is 390 g/mol. The van der Waals surface area contributed by atoms with E-state index in [-0.39, 0.29) is 24.1 Å². The summed E-state index contributed by atoms with van der Waals surface area (Å²) in [5, 5.41) is 23.8. The maximum atomic E-state index is 12.7. The summed E-state index contributed by atoms with van der Waals surface area (Å²) in [6.07, 6.45) is 0. The predicted octanol–water partition coefficient (Wildman–Crippen LogP) is 2.27. The monoisotopic (exact) mass is 407 g/mol. The number of rotatable bonds is 7. The fraction of sp³-hybridized carbons (Fsp3) is 0.158. The minimum Gasteiger partial charge on any atom is -0.326 e. The van der Waals surface area contributed by atoms with Gasteiger partial charge in [-0.15, -0.1) is 5.10 Å². The van der Waals surface area contributed by atoms with Crippen LogP contribution in [0.25, 0.3) is 5.69 Å². The number of nitrogens with zero attached hydrogens (tertiary/aromatic N) is 6. The van der Waals surface area contributed by atoms with E-state index in [1.165, 1.54) is 16.5 Å². The number of aromatic nitrogens is 4. The number of tetrazole rings is 1. The van der Waals surface area contributed by atoms with Crippen LogP contribution in [0.3, 0.4) is 0 Å². The van der Waals surface area contributed by atoms with Crippen molar-refractivity contribution in [3.63, 3.8) is 0 Å². The summed E-state index contributed by atoms with van der Waals surface area (Å²) < 4.78 is 1.49. The zero-order valence-electron chi connectivity index (χ0n) is 15.5. The van der Waals surface area contributed by atoms with Crippen LogP contribution in [0, 0.1) is 11.3 Å². The van der Waals surface area contributed by atoms with Gasteiger partial charge in [0.05, 0.1) is 17.5 Å². The molecule has 0 saturated heterocycles. The number of nitriles is 1. The van der Waals surface area contributed by atoms with Crippen molar-refractivity contribution in [1.82, 2.24) is 20.2 Å². The van der Waals surface area contributed by atoms with Crippen LogP contribution < -0.4 is 10.2 Å². The van der Waals surface area contributed by atoms with Crippen LogP contribution in [0.5, 0.6) is 0 Å². The molecule has 1 N–H and O–H groups in total. The van der Waals surface area contributed by atoms with Gasteiger partial charge in [0, 0.05) is 18.3 Å². The van der Waals surface area contributed by atoms with Gasteiger partial charge in [-0.2, -0.15) is 9.94 Å². The van der Waals surface area contributed by atoms with Gasteiger partial charge >= 0.3 is 0 Å². The molecule has 2 aromatic carbocycles. The molecule has 0 spiro atoms. The van der Waals surface area contributed by atoms with Gasteiger partial charge in [0.25, 0.3) is 0 Å². The minimum atomic E-state index is -0.232. The predicted molar refractivity (Wildman–Crippen MR) is 109 cm³/mol. The molecule has 146 valence electrons.